The number of nitrogens with one attached hydrogen (secondary N) is 1. The Kier molecular flexibility index (Phi) is 8.19. The molecule has 42 heavy (non-hydrogen) atoms. The van der Waals surface area contributed by atoms with Gasteiger partial charge >= 0.3 is 12.6 Å². The van der Waals surface area contributed by atoms with Gasteiger partial charge in [-0.3, -0.25) is 9.79 Å². The summed E-state index contributed by atoms with van der Waals surface area (Å²) in [6.45, 7) is -1.69. The molecule has 1 N–H and O–H groups in total. The number of carbonyl (C=O) groups is 3. The number of benzene rings is 1. The van der Waals surface area contributed by atoms with Gasteiger partial charge in [0.25, 0.3) is 0 Å². The second-order valence-corrected chi connectivity index (χ2v) is 11.1. The number of alkyl halides is 2. The number of aliphatic imine (C=N–C) groups is 1. The Labute approximate surface area is 246 Å². The lowest BCUT2D eigenvalue weighted by molar-refractivity contribution is -0.127. The fourth-order valence-electron chi connectivity index (χ4n) is 5.11. The molecule has 0 spiro atoms. The fourth-order valence-corrected chi connectivity index (χ4v) is 6.02. The lowest BCUT2D eigenvalue weighted by Gasteiger charge is -2.32. The van der Waals surface area contributed by atoms with Gasteiger partial charge in [0.2, 0.25) is 0 Å². The van der Waals surface area contributed by atoms with Crippen molar-refractivity contribution in [3.63, 3.8) is 0 Å². The standard InChI is InChI=1S/C27H24ClF3N6O4S/c1-14(38)3-6-20(39)27(34-26(40)41-2)12-19-21(18-7-9-37(35-18)25(30)31)22(16-5-4-15(29)11-17(16)28)33-23(36(19)13-27)24-32-8-10-42-24/h4-5,7-11,22,25H,3,6,12-13H2,1-2H3,(H,34,40)/t22-,27+/m0/s1. The molecule has 3 aromatic rings. The van der Waals surface area contributed by atoms with Gasteiger partial charge in [0.05, 0.1) is 19.3 Å². The minimum Gasteiger partial charge on any atom is -0.453 e. The number of methoxy groups -OCH3 is 1. The third-order valence-corrected chi connectivity index (χ3v) is 8.14. The number of halogens is 4. The average Bonchev–Trinajstić information content (AvgIpc) is 3.71. The molecule has 2 aromatic heterocycles. The number of ether oxygens (including phenoxy) is 1. The Bertz CT molecular complexity index is 1610. The fraction of sp³-hybridized carbons (Fsp3) is 0.333. The summed E-state index contributed by atoms with van der Waals surface area (Å²) < 4.78 is 46.6. The van der Waals surface area contributed by atoms with Crippen molar-refractivity contribution in [3.8, 4) is 0 Å². The van der Waals surface area contributed by atoms with E-state index in [0.717, 1.165) is 19.4 Å². The predicted octanol–water partition coefficient (Wildman–Crippen LogP) is 5.18. The van der Waals surface area contributed by atoms with Crippen molar-refractivity contribution in [2.24, 2.45) is 4.99 Å². The van der Waals surface area contributed by atoms with E-state index in [1.54, 1.807) is 16.5 Å². The van der Waals surface area contributed by atoms with Crippen molar-refractivity contribution in [2.45, 2.75) is 44.3 Å². The number of rotatable bonds is 9. The minimum atomic E-state index is -2.93. The molecule has 0 aliphatic carbocycles. The summed E-state index contributed by atoms with van der Waals surface area (Å²) in [5, 5.41) is 8.98. The molecule has 2 aliphatic heterocycles. The number of nitrogens with zero attached hydrogens (tertiary/aromatic N) is 5. The van der Waals surface area contributed by atoms with Crippen LogP contribution in [0.15, 0.2) is 52.7 Å². The molecular formula is C27H24ClF3N6O4S. The Morgan fingerprint density at radius 1 is 1.26 bits per heavy atom. The van der Waals surface area contributed by atoms with Crippen LogP contribution in [0.1, 0.15) is 55.0 Å². The Hall–Kier alpha value is -4.04. The molecule has 1 saturated heterocycles. The van der Waals surface area contributed by atoms with Crippen molar-refractivity contribution in [2.75, 3.05) is 13.7 Å². The first-order chi connectivity index (χ1) is 20.0. The van der Waals surface area contributed by atoms with E-state index in [-0.39, 0.29) is 42.3 Å². The van der Waals surface area contributed by atoms with E-state index < -0.39 is 35.8 Å². The SMILES string of the molecule is COC(=O)N[C@]1(C(=O)CCC(C)=O)CC2=C(c3ccn(C(F)F)n3)[C@H](c3ccc(F)cc3Cl)N=C(c3nccs3)N2C1. The smallest absolute Gasteiger partial charge is 0.407 e. The number of ketones is 2. The number of fused-ring (bicyclic) bond motifs is 1. The number of alkyl carbamates (subject to hydrolysis) is 1. The van der Waals surface area contributed by atoms with Crippen LogP contribution >= 0.6 is 22.9 Å². The first kappa shape index (κ1) is 29.5. The Morgan fingerprint density at radius 3 is 2.67 bits per heavy atom. The third kappa shape index (κ3) is 5.55. The number of hydrogen-bond donors (Lipinski definition) is 1. The van der Waals surface area contributed by atoms with Crippen LogP contribution in [0.4, 0.5) is 18.0 Å². The zero-order valence-electron chi connectivity index (χ0n) is 22.3. The van der Waals surface area contributed by atoms with Crippen LogP contribution in [0.2, 0.25) is 5.02 Å². The van der Waals surface area contributed by atoms with Gasteiger partial charge in [-0.15, -0.1) is 11.3 Å². The monoisotopic (exact) mass is 620 g/mol. The molecule has 4 heterocycles. The first-order valence-electron chi connectivity index (χ1n) is 12.7. The van der Waals surface area contributed by atoms with E-state index in [4.69, 9.17) is 21.3 Å². The zero-order valence-corrected chi connectivity index (χ0v) is 23.9. The van der Waals surface area contributed by atoms with Gasteiger partial charge in [0, 0.05) is 58.9 Å². The quantitative estimate of drug-likeness (QED) is 0.350. The van der Waals surface area contributed by atoms with Crippen molar-refractivity contribution in [1.82, 2.24) is 25.0 Å². The molecule has 10 nitrogen and oxygen atoms in total. The number of amides is 1. The van der Waals surface area contributed by atoms with E-state index in [2.05, 4.69) is 15.4 Å². The van der Waals surface area contributed by atoms with Crippen molar-refractivity contribution in [3.05, 3.63) is 74.8 Å². The van der Waals surface area contributed by atoms with Gasteiger partial charge in [0.1, 0.15) is 23.2 Å². The second kappa shape index (κ2) is 11.7. The molecule has 15 heteroatoms. The van der Waals surface area contributed by atoms with Gasteiger partial charge in [-0.2, -0.15) is 13.9 Å². The summed E-state index contributed by atoms with van der Waals surface area (Å²) in [5.41, 5.74) is -0.327. The van der Waals surface area contributed by atoms with Gasteiger partial charge in [-0.25, -0.2) is 18.9 Å². The number of Topliss-reactive ketones (excluding diaryl/α,β-unsaturated/α-hetero) is 2. The van der Waals surface area contributed by atoms with Crippen LogP contribution in [0.5, 0.6) is 0 Å². The van der Waals surface area contributed by atoms with Crippen LogP contribution in [0, 0.1) is 5.82 Å². The summed E-state index contributed by atoms with van der Waals surface area (Å²) in [6, 6.07) is 4.18. The number of thiazole rings is 1. The highest BCUT2D eigenvalue weighted by Gasteiger charge is 2.52. The van der Waals surface area contributed by atoms with Crippen LogP contribution < -0.4 is 5.32 Å². The van der Waals surface area contributed by atoms with E-state index in [1.165, 1.54) is 36.5 Å². The van der Waals surface area contributed by atoms with Gasteiger partial charge < -0.3 is 19.7 Å². The molecule has 1 amide bonds. The molecule has 5 rings (SSSR count). The number of amidine groups is 1. The normalized spacial score (nSPS) is 20.0. The Balaban J connectivity index is 1.75. The van der Waals surface area contributed by atoms with E-state index in [0.29, 0.717) is 32.4 Å². The van der Waals surface area contributed by atoms with Crippen molar-refractivity contribution >= 4 is 52.0 Å². The molecule has 1 aromatic carbocycles. The molecule has 0 radical (unpaired) electrons. The van der Waals surface area contributed by atoms with Crippen molar-refractivity contribution in [1.29, 1.82) is 0 Å². The highest BCUT2D eigenvalue weighted by atomic mass is 35.5. The van der Waals surface area contributed by atoms with Gasteiger partial charge in [-0.1, -0.05) is 17.7 Å². The average molecular weight is 621 g/mol. The van der Waals surface area contributed by atoms with E-state index in [1.807, 2.05) is 0 Å². The molecule has 220 valence electrons. The lowest BCUT2D eigenvalue weighted by Crippen LogP contribution is -2.56. The predicted molar refractivity (Wildman–Crippen MR) is 148 cm³/mol. The Morgan fingerprint density at radius 2 is 2.05 bits per heavy atom. The van der Waals surface area contributed by atoms with E-state index in [9.17, 15) is 27.6 Å². The zero-order chi connectivity index (χ0) is 30.2. The molecule has 0 bridgehead atoms. The number of carbonyl (C=O) groups excluding carboxylic acids is 3. The summed E-state index contributed by atoms with van der Waals surface area (Å²) in [7, 11) is 1.15. The molecule has 1 fully saturated rings. The van der Waals surface area contributed by atoms with E-state index >= 15 is 0 Å². The third-order valence-electron chi connectivity index (χ3n) is 7.04. The summed E-state index contributed by atoms with van der Waals surface area (Å²) in [4.78, 5) is 49.0. The van der Waals surface area contributed by atoms with Crippen molar-refractivity contribution < 1.29 is 32.3 Å². The molecule has 2 aliphatic rings. The molecule has 0 unspecified atom stereocenters. The van der Waals surface area contributed by atoms with Gasteiger partial charge in [-0.05, 0) is 25.1 Å². The van der Waals surface area contributed by atoms with Crippen LogP contribution in [0.3, 0.4) is 0 Å². The van der Waals surface area contributed by atoms with Crippen LogP contribution in [-0.4, -0.2) is 62.4 Å². The summed E-state index contributed by atoms with van der Waals surface area (Å²) >= 11 is 7.76. The maximum absolute atomic E-state index is 14.1. The second-order valence-electron chi connectivity index (χ2n) is 9.76. The first-order valence-corrected chi connectivity index (χ1v) is 13.9. The minimum absolute atomic E-state index is 0.0385. The molecular weight excluding hydrogens is 597 g/mol. The largest absolute Gasteiger partial charge is 0.453 e. The maximum atomic E-state index is 14.1. The van der Waals surface area contributed by atoms with Crippen LogP contribution in [-0.2, 0) is 14.3 Å². The van der Waals surface area contributed by atoms with Gasteiger partial charge in [0.15, 0.2) is 16.6 Å². The molecule has 0 saturated carbocycles. The topological polar surface area (TPSA) is 119 Å². The maximum Gasteiger partial charge on any atom is 0.407 e. The molecule has 2 atom stereocenters. The highest BCUT2D eigenvalue weighted by Crippen LogP contribution is 2.48. The number of aromatic nitrogens is 3. The lowest BCUT2D eigenvalue weighted by atomic mass is 9.86. The highest BCUT2D eigenvalue weighted by molar-refractivity contribution is 7.11. The summed E-state index contributed by atoms with van der Waals surface area (Å²) in [6.07, 6.45) is 1.48. The summed E-state index contributed by atoms with van der Waals surface area (Å²) in [5.74, 6) is -0.895. The number of hydrogen-bond acceptors (Lipinski definition) is 9. The van der Waals surface area contributed by atoms with Crippen LogP contribution in [0.25, 0.3) is 5.57 Å².